The molecular formula is C29H31Cl2N3OS. The van der Waals surface area contributed by atoms with Crippen molar-refractivity contribution in [2.45, 2.75) is 27.2 Å². The zero-order valence-electron chi connectivity index (χ0n) is 20.9. The Morgan fingerprint density at radius 1 is 0.972 bits per heavy atom. The summed E-state index contributed by atoms with van der Waals surface area (Å²) in [7, 11) is 2.02. The van der Waals surface area contributed by atoms with Crippen molar-refractivity contribution in [3.8, 4) is 11.3 Å². The van der Waals surface area contributed by atoms with Gasteiger partial charge in [-0.15, -0.1) is 36.2 Å². The molecule has 0 aliphatic rings. The molecule has 0 spiro atoms. The van der Waals surface area contributed by atoms with E-state index in [9.17, 15) is 4.79 Å². The first kappa shape index (κ1) is 29.2. The van der Waals surface area contributed by atoms with Crippen LogP contribution in [0.3, 0.4) is 0 Å². The minimum atomic E-state index is 0. The van der Waals surface area contributed by atoms with Crippen molar-refractivity contribution in [3.05, 3.63) is 105 Å². The zero-order chi connectivity index (χ0) is 24.1. The molecule has 0 N–H and O–H groups in total. The number of aliphatic imine (C=N–C) groups is 1. The molecule has 0 aliphatic carbocycles. The summed E-state index contributed by atoms with van der Waals surface area (Å²) in [6.45, 7) is 7.21. The molecule has 0 saturated heterocycles. The van der Waals surface area contributed by atoms with E-state index < -0.39 is 0 Å². The van der Waals surface area contributed by atoms with Crippen LogP contribution in [0.5, 0.6) is 0 Å². The van der Waals surface area contributed by atoms with Gasteiger partial charge in [0, 0.05) is 31.1 Å². The van der Waals surface area contributed by atoms with E-state index in [4.69, 9.17) is 4.98 Å². The number of hydrogen-bond donors (Lipinski definition) is 0. The van der Waals surface area contributed by atoms with E-state index in [1.165, 1.54) is 22.5 Å². The van der Waals surface area contributed by atoms with Crippen molar-refractivity contribution in [2.24, 2.45) is 4.99 Å². The Kier molecular flexibility index (Phi) is 10.8. The first-order chi connectivity index (χ1) is 16.5. The number of benzene rings is 3. The maximum absolute atomic E-state index is 13.4. The molecule has 36 heavy (non-hydrogen) atoms. The van der Waals surface area contributed by atoms with Gasteiger partial charge in [0.2, 0.25) is 5.78 Å². The lowest BCUT2D eigenvalue weighted by Crippen LogP contribution is -2.14. The first-order valence-electron chi connectivity index (χ1n) is 11.5. The Labute approximate surface area is 230 Å². The highest BCUT2D eigenvalue weighted by Gasteiger charge is 2.21. The molecule has 0 bridgehead atoms. The second-order valence-electron chi connectivity index (χ2n) is 8.41. The summed E-state index contributed by atoms with van der Waals surface area (Å²) in [6, 6.07) is 23.7. The normalized spacial score (nSPS) is 10.6. The molecule has 188 valence electrons. The van der Waals surface area contributed by atoms with Gasteiger partial charge in [0.1, 0.15) is 4.88 Å². The number of aryl methyl sites for hydroxylation is 2. The standard InChI is InChI=1S/C29H29N3OS.2ClH/c1-5-32(4)19-30-25-17-20(2)24(16-21(25)3)18-26-31-27(22-12-8-6-9-13-22)29(34-26)28(33)23-14-10-7-11-15-23;;/h6-17,19H,5,18H2,1-4H3;2*1H/b30-19-;;. The van der Waals surface area contributed by atoms with Crippen molar-refractivity contribution in [2.75, 3.05) is 13.6 Å². The number of carbonyl (C=O) groups excluding carboxylic acids is 1. The maximum Gasteiger partial charge on any atom is 0.205 e. The third-order valence-corrected chi connectivity index (χ3v) is 6.90. The van der Waals surface area contributed by atoms with Crippen molar-refractivity contribution in [3.63, 3.8) is 0 Å². The van der Waals surface area contributed by atoms with Crippen LogP contribution < -0.4 is 0 Å². The SMILES string of the molecule is CCN(C)/C=N\c1cc(C)c(Cc2nc(-c3ccccc3)c(C(=O)c3ccccc3)s2)cc1C.Cl.Cl. The fraction of sp³-hybridized carbons (Fsp3) is 0.207. The fourth-order valence-electron chi connectivity index (χ4n) is 3.70. The van der Waals surface area contributed by atoms with E-state index in [-0.39, 0.29) is 30.6 Å². The molecule has 0 aliphatic heterocycles. The topological polar surface area (TPSA) is 45.6 Å². The Morgan fingerprint density at radius 2 is 1.61 bits per heavy atom. The van der Waals surface area contributed by atoms with Crippen LogP contribution in [0, 0.1) is 13.8 Å². The summed E-state index contributed by atoms with van der Waals surface area (Å²) in [5.41, 5.74) is 6.87. The van der Waals surface area contributed by atoms with Crippen molar-refractivity contribution < 1.29 is 4.79 Å². The number of carbonyl (C=O) groups is 1. The molecule has 0 amide bonds. The van der Waals surface area contributed by atoms with Crippen LogP contribution in [0.2, 0.25) is 0 Å². The molecular weight excluding hydrogens is 509 g/mol. The molecule has 0 atom stereocenters. The highest BCUT2D eigenvalue weighted by molar-refractivity contribution is 7.14. The van der Waals surface area contributed by atoms with Crippen molar-refractivity contribution in [1.82, 2.24) is 9.88 Å². The molecule has 7 heteroatoms. The summed E-state index contributed by atoms with van der Waals surface area (Å²) in [4.78, 5) is 25.7. The minimum absolute atomic E-state index is 0. The lowest BCUT2D eigenvalue weighted by atomic mass is 10.0. The number of thiazole rings is 1. The van der Waals surface area contributed by atoms with E-state index in [2.05, 4.69) is 42.8 Å². The summed E-state index contributed by atoms with van der Waals surface area (Å²) in [5.74, 6) is 0.0147. The Hall–Kier alpha value is -2.99. The monoisotopic (exact) mass is 539 g/mol. The predicted molar refractivity (Wildman–Crippen MR) is 157 cm³/mol. The van der Waals surface area contributed by atoms with Crippen LogP contribution in [0.15, 0.2) is 77.8 Å². The molecule has 0 radical (unpaired) electrons. The average molecular weight is 541 g/mol. The minimum Gasteiger partial charge on any atom is -0.366 e. The van der Waals surface area contributed by atoms with Crippen LogP contribution in [0.4, 0.5) is 5.69 Å². The number of halogens is 2. The average Bonchev–Trinajstić information content (AvgIpc) is 3.29. The molecule has 0 fully saturated rings. The molecule has 1 heterocycles. The summed E-state index contributed by atoms with van der Waals surface area (Å²) >= 11 is 1.49. The van der Waals surface area contributed by atoms with Crippen LogP contribution in [0.1, 0.15) is 43.9 Å². The van der Waals surface area contributed by atoms with Gasteiger partial charge in [-0.05, 0) is 43.5 Å². The van der Waals surface area contributed by atoms with Gasteiger partial charge < -0.3 is 4.90 Å². The Morgan fingerprint density at radius 3 is 2.25 bits per heavy atom. The van der Waals surface area contributed by atoms with Crippen LogP contribution in [-0.4, -0.2) is 35.6 Å². The Bertz CT molecular complexity index is 1320. The van der Waals surface area contributed by atoms with Gasteiger partial charge in [0.05, 0.1) is 22.7 Å². The fourth-order valence-corrected chi connectivity index (χ4v) is 4.77. The van der Waals surface area contributed by atoms with Crippen molar-refractivity contribution in [1.29, 1.82) is 0 Å². The lowest BCUT2D eigenvalue weighted by Gasteiger charge is -2.11. The molecule has 3 aromatic carbocycles. The zero-order valence-corrected chi connectivity index (χ0v) is 23.3. The van der Waals surface area contributed by atoms with Crippen molar-refractivity contribution >= 4 is 54.0 Å². The predicted octanol–water partition coefficient (Wildman–Crippen LogP) is 7.70. The van der Waals surface area contributed by atoms with Gasteiger partial charge >= 0.3 is 0 Å². The van der Waals surface area contributed by atoms with Gasteiger partial charge in [-0.25, -0.2) is 9.98 Å². The number of ketones is 1. The second-order valence-corrected chi connectivity index (χ2v) is 9.49. The van der Waals surface area contributed by atoms with Gasteiger partial charge in [0.25, 0.3) is 0 Å². The number of aromatic nitrogens is 1. The number of rotatable bonds is 8. The van der Waals surface area contributed by atoms with E-state index in [1.54, 1.807) is 0 Å². The molecule has 4 rings (SSSR count). The quantitative estimate of drug-likeness (QED) is 0.131. The van der Waals surface area contributed by atoms with E-state index in [0.717, 1.165) is 34.1 Å². The highest BCUT2D eigenvalue weighted by Crippen LogP contribution is 2.33. The van der Waals surface area contributed by atoms with E-state index in [0.29, 0.717) is 16.9 Å². The molecule has 0 saturated carbocycles. The summed E-state index contributed by atoms with van der Waals surface area (Å²) < 4.78 is 0. The molecule has 4 nitrogen and oxygen atoms in total. The van der Waals surface area contributed by atoms with E-state index >= 15 is 0 Å². The Balaban J connectivity index is 0.00000228. The number of hydrogen-bond acceptors (Lipinski definition) is 4. The van der Waals surface area contributed by atoms with Crippen LogP contribution >= 0.6 is 36.2 Å². The van der Waals surface area contributed by atoms with Gasteiger partial charge in [0.15, 0.2) is 0 Å². The third-order valence-electron chi connectivity index (χ3n) is 5.85. The summed E-state index contributed by atoms with van der Waals surface area (Å²) in [5, 5.41) is 0.933. The maximum atomic E-state index is 13.4. The molecule has 4 aromatic rings. The van der Waals surface area contributed by atoms with E-state index in [1.807, 2.05) is 74.0 Å². The molecule has 0 unspecified atom stereocenters. The largest absolute Gasteiger partial charge is 0.366 e. The molecule has 1 aromatic heterocycles. The highest BCUT2D eigenvalue weighted by atomic mass is 35.5. The number of nitrogens with zero attached hydrogens (tertiary/aromatic N) is 3. The summed E-state index contributed by atoms with van der Waals surface area (Å²) in [6.07, 6.45) is 2.55. The first-order valence-corrected chi connectivity index (χ1v) is 12.3. The van der Waals surface area contributed by atoms with Crippen LogP contribution in [-0.2, 0) is 6.42 Å². The second kappa shape index (κ2) is 13.4. The van der Waals surface area contributed by atoms with Gasteiger partial charge in [-0.3, -0.25) is 4.79 Å². The van der Waals surface area contributed by atoms with Gasteiger partial charge in [-0.2, -0.15) is 0 Å². The van der Waals surface area contributed by atoms with Gasteiger partial charge in [-0.1, -0.05) is 66.7 Å². The lowest BCUT2D eigenvalue weighted by molar-refractivity contribution is 0.104. The smallest absolute Gasteiger partial charge is 0.205 e. The third kappa shape index (κ3) is 6.82. The van der Waals surface area contributed by atoms with Crippen LogP contribution in [0.25, 0.3) is 11.3 Å².